The molecule has 0 bridgehead atoms. The van der Waals surface area contributed by atoms with Crippen LogP contribution in [0.1, 0.15) is 0 Å². The monoisotopic (exact) mass is 208 g/mol. The number of rotatable bonds is 3. The minimum absolute atomic E-state index is 0.139. The fourth-order valence-corrected chi connectivity index (χ4v) is 1.52. The zero-order valence-electron chi connectivity index (χ0n) is 8.61. The summed E-state index contributed by atoms with van der Waals surface area (Å²) >= 11 is 0. The van der Waals surface area contributed by atoms with Crippen LogP contribution in [0.3, 0.4) is 0 Å². The summed E-state index contributed by atoms with van der Waals surface area (Å²) in [5, 5.41) is 3.25. The molecule has 0 spiro atoms. The van der Waals surface area contributed by atoms with Crippen LogP contribution < -0.4 is 15.8 Å². The quantitative estimate of drug-likeness (QED) is 0.716. The molecular formula is C11H16N2O2. The SMILES string of the molecule is Nc1cccc(OCC2CNCCO2)c1. The van der Waals surface area contributed by atoms with Crippen LogP contribution in [0.15, 0.2) is 24.3 Å². The highest BCUT2D eigenvalue weighted by atomic mass is 16.5. The van der Waals surface area contributed by atoms with Crippen molar-refractivity contribution in [1.29, 1.82) is 0 Å². The van der Waals surface area contributed by atoms with Crippen LogP contribution in [0.4, 0.5) is 5.69 Å². The lowest BCUT2D eigenvalue weighted by molar-refractivity contribution is 0.000207. The summed E-state index contributed by atoms with van der Waals surface area (Å²) in [5.41, 5.74) is 6.36. The zero-order chi connectivity index (χ0) is 10.5. The standard InChI is InChI=1S/C11H16N2O2/c12-9-2-1-3-10(6-9)15-8-11-7-13-4-5-14-11/h1-3,6,11,13H,4-5,7-8,12H2. The van der Waals surface area contributed by atoms with Crippen molar-refractivity contribution in [3.8, 4) is 5.75 Å². The first-order chi connectivity index (χ1) is 7.34. The van der Waals surface area contributed by atoms with Crippen LogP contribution >= 0.6 is 0 Å². The average molecular weight is 208 g/mol. The molecule has 3 N–H and O–H groups in total. The van der Waals surface area contributed by atoms with E-state index in [0.29, 0.717) is 6.61 Å². The van der Waals surface area contributed by atoms with E-state index >= 15 is 0 Å². The molecule has 0 saturated carbocycles. The lowest BCUT2D eigenvalue weighted by Crippen LogP contribution is -2.41. The predicted octanol–water partition coefficient (Wildman–Crippen LogP) is 0.636. The maximum Gasteiger partial charge on any atom is 0.121 e. The number of morpholine rings is 1. The van der Waals surface area contributed by atoms with Crippen molar-refractivity contribution in [2.24, 2.45) is 0 Å². The number of hydrogen-bond acceptors (Lipinski definition) is 4. The second-order valence-corrected chi connectivity index (χ2v) is 3.58. The number of nitrogens with one attached hydrogen (secondary N) is 1. The Kier molecular flexibility index (Phi) is 3.42. The van der Waals surface area contributed by atoms with Gasteiger partial charge in [-0.1, -0.05) is 6.07 Å². The van der Waals surface area contributed by atoms with E-state index in [1.165, 1.54) is 0 Å². The highest BCUT2D eigenvalue weighted by molar-refractivity contribution is 5.43. The van der Waals surface area contributed by atoms with Crippen LogP contribution in [0.5, 0.6) is 5.75 Å². The van der Waals surface area contributed by atoms with Gasteiger partial charge in [-0.15, -0.1) is 0 Å². The van der Waals surface area contributed by atoms with Crippen molar-refractivity contribution in [2.75, 3.05) is 32.0 Å². The number of ether oxygens (including phenoxy) is 2. The van der Waals surface area contributed by atoms with Crippen LogP contribution in [-0.2, 0) is 4.74 Å². The Morgan fingerprint density at radius 3 is 3.20 bits per heavy atom. The first-order valence-electron chi connectivity index (χ1n) is 5.15. The summed E-state index contributed by atoms with van der Waals surface area (Å²) < 4.78 is 11.1. The molecule has 1 unspecified atom stereocenters. The second kappa shape index (κ2) is 5.00. The summed E-state index contributed by atoms with van der Waals surface area (Å²) in [7, 11) is 0. The molecule has 1 aliphatic heterocycles. The molecule has 1 heterocycles. The van der Waals surface area contributed by atoms with E-state index in [2.05, 4.69) is 5.32 Å². The van der Waals surface area contributed by atoms with Gasteiger partial charge >= 0.3 is 0 Å². The molecule has 2 rings (SSSR count). The third kappa shape index (κ3) is 3.11. The molecule has 0 amide bonds. The zero-order valence-corrected chi connectivity index (χ0v) is 8.61. The molecule has 82 valence electrons. The van der Waals surface area contributed by atoms with Crippen molar-refractivity contribution in [1.82, 2.24) is 5.32 Å². The molecule has 0 aromatic heterocycles. The number of benzene rings is 1. The van der Waals surface area contributed by atoms with Crippen molar-refractivity contribution in [2.45, 2.75) is 6.10 Å². The third-order valence-electron chi connectivity index (χ3n) is 2.30. The molecule has 1 aromatic carbocycles. The number of nitrogen functional groups attached to an aromatic ring is 1. The fraction of sp³-hybridized carbons (Fsp3) is 0.455. The molecule has 1 fully saturated rings. The first kappa shape index (κ1) is 10.3. The highest BCUT2D eigenvalue weighted by Crippen LogP contribution is 2.14. The molecule has 1 saturated heterocycles. The number of anilines is 1. The van der Waals surface area contributed by atoms with Gasteiger partial charge in [0.2, 0.25) is 0 Å². The Morgan fingerprint density at radius 1 is 1.53 bits per heavy atom. The summed E-state index contributed by atoms with van der Waals surface area (Å²) in [4.78, 5) is 0. The van der Waals surface area contributed by atoms with E-state index in [1.54, 1.807) is 0 Å². The Bertz CT molecular complexity index is 311. The van der Waals surface area contributed by atoms with E-state index in [1.807, 2.05) is 24.3 Å². The highest BCUT2D eigenvalue weighted by Gasteiger charge is 2.13. The van der Waals surface area contributed by atoms with Crippen LogP contribution in [-0.4, -0.2) is 32.4 Å². The van der Waals surface area contributed by atoms with Gasteiger partial charge in [0.25, 0.3) is 0 Å². The normalized spacial score (nSPS) is 21.2. The maximum atomic E-state index is 5.64. The Balaban J connectivity index is 1.81. The van der Waals surface area contributed by atoms with Gasteiger partial charge in [0, 0.05) is 24.8 Å². The second-order valence-electron chi connectivity index (χ2n) is 3.58. The van der Waals surface area contributed by atoms with Crippen LogP contribution in [0.2, 0.25) is 0 Å². The van der Waals surface area contributed by atoms with Crippen LogP contribution in [0.25, 0.3) is 0 Å². The molecule has 1 aliphatic rings. The molecule has 0 radical (unpaired) electrons. The van der Waals surface area contributed by atoms with Gasteiger partial charge in [-0.25, -0.2) is 0 Å². The van der Waals surface area contributed by atoms with Gasteiger partial charge in [-0.2, -0.15) is 0 Å². The average Bonchev–Trinajstić information content (AvgIpc) is 2.28. The Morgan fingerprint density at radius 2 is 2.47 bits per heavy atom. The van der Waals surface area contributed by atoms with Gasteiger partial charge in [-0.05, 0) is 12.1 Å². The number of nitrogens with two attached hydrogens (primary N) is 1. The molecule has 1 atom stereocenters. The van der Waals surface area contributed by atoms with E-state index in [9.17, 15) is 0 Å². The van der Waals surface area contributed by atoms with Gasteiger partial charge < -0.3 is 20.5 Å². The minimum atomic E-state index is 0.139. The van der Waals surface area contributed by atoms with Crippen molar-refractivity contribution in [3.63, 3.8) is 0 Å². The van der Waals surface area contributed by atoms with E-state index in [-0.39, 0.29) is 6.10 Å². The summed E-state index contributed by atoms with van der Waals surface area (Å²) in [6.45, 7) is 3.10. The summed E-state index contributed by atoms with van der Waals surface area (Å²) in [6.07, 6.45) is 0.139. The van der Waals surface area contributed by atoms with Gasteiger partial charge in [0.1, 0.15) is 18.5 Å². The Hall–Kier alpha value is -1.26. The molecule has 4 heteroatoms. The van der Waals surface area contributed by atoms with E-state index < -0.39 is 0 Å². The third-order valence-corrected chi connectivity index (χ3v) is 2.30. The fourth-order valence-electron chi connectivity index (χ4n) is 1.52. The topological polar surface area (TPSA) is 56.5 Å². The largest absolute Gasteiger partial charge is 0.491 e. The van der Waals surface area contributed by atoms with Crippen LogP contribution in [0, 0.1) is 0 Å². The smallest absolute Gasteiger partial charge is 0.121 e. The van der Waals surface area contributed by atoms with Gasteiger partial charge in [-0.3, -0.25) is 0 Å². The molecule has 0 aliphatic carbocycles. The van der Waals surface area contributed by atoms with E-state index in [0.717, 1.165) is 31.1 Å². The lowest BCUT2D eigenvalue weighted by Gasteiger charge is -2.23. The Labute approximate surface area is 89.4 Å². The minimum Gasteiger partial charge on any atom is -0.491 e. The molecular weight excluding hydrogens is 192 g/mol. The molecule has 1 aromatic rings. The van der Waals surface area contributed by atoms with Crippen molar-refractivity contribution in [3.05, 3.63) is 24.3 Å². The maximum absolute atomic E-state index is 5.64. The van der Waals surface area contributed by atoms with Gasteiger partial charge in [0.05, 0.1) is 6.61 Å². The van der Waals surface area contributed by atoms with Crippen molar-refractivity contribution >= 4 is 5.69 Å². The van der Waals surface area contributed by atoms with Crippen molar-refractivity contribution < 1.29 is 9.47 Å². The summed E-state index contributed by atoms with van der Waals surface area (Å²) in [5.74, 6) is 0.796. The predicted molar refractivity (Wildman–Crippen MR) is 59.0 cm³/mol. The van der Waals surface area contributed by atoms with E-state index in [4.69, 9.17) is 15.2 Å². The molecule has 15 heavy (non-hydrogen) atoms. The summed E-state index contributed by atoms with van der Waals surface area (Å²) in [6, 6.07) is 7.43. The lowest BCUT2D eigenvalue weighted by atomic mass is 10.3. The first-order valence-corrected chi connectivity index (χ1v) is 5.15. The molecule has 4 nitrogen and oxygen atoms in total. The number of hydrogen-bond donors (Lipinski definition) is 2. The van der Waals surface area contributed by atoms with Gasteiger partial charge in [0.15, 0.2) is 0 Å².